The Morgan fingerprint density at radius 2 is 1.67 bits per heavy atom. The molecular formula is C19H21F3N2O3. The molecule has 0 aliphatic carbocycles. The summed E-state index contributed by atoms with van der Waals surface area (Å²) >= 11 is 0. The second-order valence-electron chi connectivity index (χ2n) is 6.93. The zero-order chi connectivity index (χ0) is 19.4. The van der Waals surface area contributed by atoms with Crippen LogP contribution in [-0.2, 0) is 9.59 Å². The number of likely N-dealkylation sites (tertiary alicyclic amines) is 2. The minimum Gasteiger partial charge on any atom is -0.406 e. The first kappa shape index (κ1) is 19.3. The SMILES string of the molecule is O=CN1CC2CCN(C(=O)/C=C/c3ccc(OC(F)(F)F)cc3)CCC2C1. The number of benzene rings is 1. The van der Waals surface area contributed by atoms with Gasteiger partial charge in [-0.2, -0.15) is 0 Å². The summed E-state index contributed by atoms with van der Waals surface area (Å²) in [5.74, 6) is 0.476. The van der Waals surface area contributed by atoms with Crippen molar-refractivity contribution in [1.82, 2.24) is 9.80 Å². The van der Waals surface area contributed by atoms with Gasteiger partial charge in [-0.1, -0.05) is 12.1 Å². The molecule has 3 rings (SSSR count). The molecule has 27 heavy (non-hydrogen) atoms. The monoisotopic (exact) mass is 382 g/mol. The number of halogens is 3. The van der Waals surface area contributed by atoms with Crippen LogP contribution in [0.5, 0.6) is 5.75 Å². The second kappa shape index (κ2) is 8.02. The van der Waals surface area contributed by atoms with Gasteiger partial charge in [0.2, 0.25) is 12.3 Å². The Hall–Kier alpha value is -2.51. The molecule has 2 heterocycles. The van der Waals surface area contributed by atoms with Gasteiger partial charge in [0.05, 0.1) is 0 Å². The predicted molar refractivity (Wildman–Crippen MR) is 92.6 cm³/mol. The minimum atomic E-state index is -4.72. The maximum Gasteiger partial charge on any atom is 0.573 e. The third-order valence-corrected chi connectivity index (χ3v) is 5.14. The number of nitrogens with zero attached hydrogens (tertiary/aromatic N) is 2. The van der Waals surface area contributed by atoms with Gasteiger partial charge in [0.1, 0.15) is 5.75 Å². The highest BCUT2D eigenvalue weighted by Crippen LogP contribution is 2.31. The predicted octanol–water partition coefficient (Wildman–Crippen LogP) is 2.93. The van der Waals surface area contributed by atoms with E-state index in [-0.39, 0.29) is 11.7 Å². The first-order chi connectivity index (χ1) is 12.8. The summed E-state index contributed by atoms with van der Waals surface area (Å²) in [5, 5.41) is 0. The van der Waals surface area contributed by atoms with Crippen molar-refractivity contribution < 1.29 is 27.5 Å². The molecule has 1 aromatic rings. The number of rotatable bonds is 4. The van der Waals surface area contributed by atoms with Gasteiger partial charge in [-0.3, -0.25) is 9.59 Å². The fraction of sp³-hybridized carbons (Fsp3) is 0.474. The zero-order valence-electron chi connectivity index (χ0n) is 14.7. The average Bonchev–Trinajstić information content (AvgIpc) is 2.92. The van der Waals surface area contributed by atoms with E-state index in [2.05, 4.69) is 4.74 Å². The molecule has 2 saturated heterocycles. The van der Waals surface area contributed by atoms with Crippen LogP contribution in [0.2, 0.25) is 0 Å². The van der Waals surface area contributed by atoms with E-state index in [4.69, 9.17) is 0 Å². The molecule has 8 heteroatoms. The van der Waals surface area contributed by atoms with Crippen LogP contribution in [0.3, 0.4) is 0 Å². The molecule has 0 spiro atoms. The smallest absolute Gasteiger partial charge is 0.406 e. The van der Waals surface area contributed by atoms with Crippen molar-refractivity contribution in [2.75, 3.05) is 26.2 Å². The van der Waals surface area contributed by atoms with Crippen LogP contribution >= 0.6 is 0 Å². The van der Waals surface area contributed by atoms with Crippen molar-refractivity contribution in [3.8, 4) is 5.75 Å². The molecule has 2 aliphatic rings. The molecule has 2 aliphatic heterocycles. The van der Waals surface area contributed by atoms with Crippen LogP contribution in [0.15, 0.2) is 30.3 Å². The summed E-state index contributed by atoms with van der Waals surface area (Å²) in [6.45, 7) is 2.82. The molecule has 0 radical (unpaired) electrons. The van der Waals surface area contributed by atoms with Gasteiger partial charge in [0.25, 0.3) is 0 Å². The van der Waals surface area contributed by atoms with Crippen molar-refractivity contribution in [3.63, 3.8) is 0 Å². The number of hydrogen-bond donors (Lipinski definition) is 0. The topological polar surface area (TPSA) is 49.9 Å². The first-order valence-electron chi connectivity index (χ1n) is 8.86. The Bertz CT molecular complexity index is 687. The average molecular weight is 382 g/mol. The molecular weight excluding hydrogens is 361 g/mol. The standard InChI is InChI=1S/C19H21F3N2O3/c20-19(21,22)27-17-4-1-14(2-5-17)3-6-18(26)24-9-7-15-11-23(13-25)12-16(15)8-10-24/h1-6,13,15-16H,7-12H2/b6-3+. The number of fused-ring (bicyclic) bond motifs is 1. The quantitative estimate of drug-likeness (QED) is 0.594. The Kier molecular flexibility index (Phi) is 5.72. The Labute approximate surface area is 155 Å². The van der Waals surface area contributed by atoms with Crippen molar-refractivity contribution in [2.45, 2.75) is 19.2 Å². The normalized spacial score (nSPS) is 23.2. The third kappa shape index (κ3) is 5.24. The van der Waals surface area contributed by atoms with E-state index < -0.39 is 6.36 Å². The van der Waals surface area contributed by atoms with Crippen LogP contribution in [0.4, 0.5) is 13.2 Å². The molecule has 2 unspecified atom stereocenters. The number of carbonyl (C=O) groups is 2. The molecule has 0 N–H and O–H groups in total. The second-order valence-corrected chi connectivity index (χ2v) is 6.93. The number of amides is 2. The number of ether oxygens (including phenoxy) is 1. The highest BCUT2D eigenvalue weighted by Gasteiger charge is 2.34. The van der Waals surface area contributed by atoms with Gasteiger partial charge in [0, 0.05) is 32.3 Å². The lowest BCUT2D eigenvalue weighted by molar-refractivity contribution is -0.274. The molecule has 146 valence electrons. The molecule has 1 aromatic carbocycles. The van der Waals surface area contributed by atoms with Crippen LogP contribution < -0.4 is 4.74 Å². The summed E-state index contributed by atoms with van der Waals surface area (Å²) in [6, 6.07) is 5.35. The van der Waals surface area contributed by atoms with E-state index in [1.807, 2.05) is 0 Å². The highest BCUT2D eigenvalue weighted by molar-refractivity contribution is 5.91. The molecule has 0 bridgehead atoms. The molecule has 2 amide bonds. The van der Waals surface area contributed by atoms with E-state index in [9.17, 15) is 22.8 Å². The fourth-order valence-corrected chi connectivity index (χ4v) is 3.74. The van der Waals surface area contributed by atoms with Crippen molar-refractivity contribution in [2.24, 2.45) is 11.8 Å². The number of carbonyl (C=O) groups excluding carboxylic acids is 2. The van der Waals surface area contributed by atoms with Crippen LogP contribution in [0.1, 0.15) is 18.4 Å². The van der Waals surface area contributed by atoms with E-state index in [1.54, 1.807) is 15.9 Å². The maximum atomic E-state index is 12.4. The van der Waals surface area contributed by atoms with Gasteiger partial charge < -0.3 is 14.5 Å². The van der Waals surface area contributed by atoms with Gasteiger partial charge in [-0.25, -0.2) is 0 Å². The molecule has 2 atom stereocenters. The lowest BCUT2D eigenvalue weighted by Crippen LogP contribution is -2.31. The zero-order valence-corrected chi connectivity index (χ0v) is 14.7. The summed E-state index contributed by atoms with van der Waals surface area (Å²) in [7, 11) is 0. The van der Waals surface area contributed by atoms with Crippen molar-refractivity contribution in [1.29, 1.82) is 0 Å². The highest BCUT2D eigenvalue weighted by atomic mass is 19.4. The largest absolute Gasteiger partial charge is 0.573 e. The van der Waals surface area contributed by atoms with Crippen LogP contribution in [-0.4, -0.2) is 54.7 Å². The lowest BCUT2D eigenvalue weighted by Gasteiger charge is -2.19. The van der Waals surface area contributed by atoms with Gasteiger partial charge in [-0.05, 0) is 48.4 Å². The Morgan fingerprint density at radius 1 is 1.07 bits per heavy atom. The summed E-state index contributed by atoms with van der Waals surface area (Å²) < 4.78 is 40.3. The molecule has 5 nitrogen and oxygen atoms in total. The minimum absolute atomic E-state index is 0.113. The van der Waals surface area contributed by atoms with Crippen LogP contribution in [0, 0.1) is 11.8 Å². The van der Waals surface area contributed by atoms with Crippen molar-refractivity contribution in [3.05, 3.63) is 35.9 Å². The maximum absolute atomic E-state index is 12.4. The van der Waals surface area contributed by atoms with Gasteiger partial charge >= 0.3 is 6.36 Å². The van der Waals surface area contributed by atoms with Gasteiger partial charge in [0.15, 0.2) is 0 Å². The van der Waals surface area contributed by atoms with E-state index >= 15 is 0 Å². The van der Waals surface area contributed by atoms with E-state index in [1.165, 1.54) is 30.3 Å². The molecule has 0 aromatic heterocycles. The summed E-state index contributed by atoms with van der Waals surface area (Å²) in [4.78, 5) is 26.9. The van der Waals surface area contributed by atoms with E-state index in [0.717, 1.165) is 32.3 Å². The summed E-state index contributed by atoms with van der Waals surface area (Å²) in [5.41, 5.74) is 0.617. The number of hydrogen-bond acceptors (Lipinski definition) is 3. The van der Waals surface area contributed by atoms with Crippen molar-refractivity contribution >= 4 is 18.4 Å². The third-order valence-electron chi connectivity index (χ3n) is 5.14. The van der Waals surface area contributed by atoms with Gasteiger partial charge in [-0.15, -0.1) is 13.2 Å². The van der Waals surface area contributed by atoms with Crippen LogP contribution in [0.25, 0.3) is 6.08 Å². The molecule has 0 saturated carbocycles. The summed E-state index contributed by atoms with van der Waals surface area (Å²) in [6.07, 6.45) is 0.945. The fourth-order valence-electron chi connectivity index (χ4n) is 3.74. The number of alkyl halides is 3. The molecule has 2 fully saturated rings. The van der Waals surface area contributed by atoms with E-state index in [0.29, 0.717) is 30.5 Å². The Morgan fingerprint density at radius 3 is 2.19 bits per heavy atom. The lowest BCUT2D eigenvalue weighted by atomic mass is 9.92. The Balaban J connectivity index is 1.54. The first-order valence-corrected chi connectivity index (χ1v) is 8.86.